The molecule has 5 heteroatoms. The maximum Gasteiger partial charge on any atom is 0.407 e. The van der Waals surface area contributed by atoms with Gasteiger partial charge in [0.1, 0.15) is 5.60 Å². The van der Waals surface area contributed by atoms with E-state index >= 15 is 0 Å². The fraction of sp³-hybridized carbons (Fsp3) is 0.929. The van der Waals surface area contributed by atoms with Crippen LogP contribution in [-0.4, -0.2) is 54.9 Å². The van der Waals surface area contributed by atoms with Crippen molar-refractivity contribution in [3.63, 3.8) is 0 Å². The second kappa shape index (κ2) is 6.09. The van der Waals surface area contributed by atoms with Crippen LogP contribution in [0.5, 0.6) is 0 Å². The van der Waals surface area contributed by atoms with Gasteiger partial charge in [0.05, 0.1) is 0 Å². The van der Waals surface area contributed by atoms with Crippen molar-refractivity contribution in [3.05, 3.63) is 0 Å². The molecule has 110 valence electrons. The number of carbonyl (C=O) groups excluding carboxylic acids is 1. The summed E-state index contributed by atoms with van der Waals surface area (Å²) in [4.78, 5) is 14.4. The zero-order chi connectivity index (χ0) is 13.9. The van der Waals surface area contributed by atoms with Crippen molar-refractivity contribution in [2.24, 2.45) is 0 Å². The Balaban J connectivity index is 1.86. The molecule has 19 heavy (non-hydrogen) atoms. The molecule has 2 atom stereocenters. The second-order valence-electron chi connectivity index (χ2n) is 6.54. The van der Waals surface area contributed by atoms with Crippen LogP contribution in [0.2, 0.25) is 0 Å². The zero-order valence-corrected chi connectivity index (χ0v) is 12.4. The SMILES string of the molecule is CC(C)(C)OC(=O)N[C@@H]1CCC[C@H]1N1CCNCC1. The van der Waals surface area contributed by atoms with Crippen LogP contribution in [0.3, 0.4) is 0 Å². The van der Waals surface area contributed by atoms with Gasteiger partial charge >= 0.3 is 6.09 Å². The molecule has 2 aliphatic rings. The van der Waals surface area contributed by atoms with E-state index < -0.39 is 5.60 Å². The highest BCUT2D eigenvalue weighted by molar-refractivity contribution is 5.68. The molecule has 0 aromatic rings. The summed E-state index contributed by atoms with van der Waals surface area (Å²) in [7, 11) is 0. The number of rotatable bonds is 2. The van der Waals surface area contributed by atoms with E-state index in [-0.39, 0.29) is 12.1 Å². The van der Waals surface area contributed by atoms with Gasteiger partial charge in [0.25, 0.3) is 0 Å². The fourth-order valence-electron chi connectivity index (χ4n) is 3.02. The number of nitrogens with zero attached hydrogens (tertiary/aromatic N) is 1. The lowest BCUT2D eigenvalue weighted by atomic mass is 10.1. The molecule has 0 spiro atoms. The third kappa shape index (κ3) is 4.35. The van der Waals surface area contributed by atoms with Gasteiger partial charge < -0.3 is 15.4 Å². The number of ether oxygens (including phenoxy) is 1. The van der Waals surface area contributed by atoms with E-state index in [4.69, 9.17) is 4.74 Å². The first-order valence-corrected chi connectivity index (χ1v) is 7.40. The lowest BCUT2D eigenvalue weighted by molar-refractivity contribution is 0.0468. The Hall–Kier alpha value is -0.810. The first kappa shape index (κ1) is 14.6. The Morgan fingerprint density at radius 3 is 2.58 bits per heavy atom. The molecule has 1 saturated heterocycles. The number of hydrogen-bond donors (Lipinski definition) is 2. The molecule has 0 unspecified atom stereocenters. The molecule has 2 N–H and O–H groups in total. The van der Waals surface area contributed by atoms with Crippen LogP contribution < -0.4 is 10.6 Å². The summed E-state index contributed by atoms with van der Waals surface area (Å²) >= 11 is 0. The number of carbonyl (C=O) groups is 1. The van der Waals surface area contributed by atoms with Gasteiger partial charge in [-0.3, -0.25) is 4.90 Å². The maximum absolute atomic E-state index is 11.9. The minimum Gasteiger partial charge on any atom is -0.444 e. The van der Waals surface area contributed by atoms with Crippen LogP contribution in [0.15, 0.2) is 0 Å². The average Bonchev–Trinajstić information content (AvgIpc) is 2.75. The zero-order valence-electron chi connectivity index (χ0n) is 12.4. The molecule has 1 heterocycles. The van der Waals surface area contributed by atoms with Gasteiger partial charge in [-0.1, -0.05) is 0 Å². The Bertz CT molecular complexity index is 308. The normalized spacial score (nSPS) is 29.2. The summed E-state index contributed by atoms with van der Waals surface area (Å²) < 4.78 is 5.35. The van der Waals surface area contributed by atoms with Gasteiger partial charge in [-0.15, -0.1) is 0 Å². The molecule has 2 rings (SSSR count). The number of nitrogens with one attached hydrogen (secondary N) is 2. The lowest BCUT2D eigenvalue weighted by Crippen LogP contribution is -2.54. The summed E-state index contributed by atoms with van der Waals surface area (Å²) in [6.45, 7) is 9.96. The van der Waals surface area contributed by atoms with Gasteiger partial charge in [0.15, 0.2) is 0 Å². The predicted octanol–water partition coefficient (Wildman–Crippen LogP) is 1.34. The van der Waals surface area contributed by atoms with Crippen LogP contribution in [0, 0.1) is 0 Å². The molecule has 5 nitrogen and oxygen atoms in total. The van der Waals surface area contributed by atoms with Crippen molar-refractivity contribution in [1.82, 2.24) is 15.5 Å². The molecule has 1 aliphatic heterocycles. The third-order valence-corrected chi connectivity index (χ3v) is 3.80. The molecule has 0 aromatic carbocycles. The van der Waals surface area contributed by atoms with E-state index in [0.717, 1.165) is 32.6 Å². The Morgan fingerprint density at radius 1 is 1.26 bits per heavy atom. The molecule has 0 bridgehead atoms. The first-order chi connectivity index (χ1) is 8.96. The Labute approximate surface area is 116 Å². The van der Waals surface area contributed by atoms with E-state index in [0.29, 0.717) is 6.04 Å². The summed E-state index contributed by atoms with van der Waals surface area (Å²) in [6.07, 6.45) is 3.16. The van der Waals surface area contributed by atoms with Crippen LogP contribution >= 0.6 is 0 Å². The topological polar surface area (TPSA) is 53.6 Å². The van der Waals surface area contributed by atoms with E-state index in [9.17, 15) is 4.79 Å². The summed E-state index contributed by atoms with van der Waals surface area (Å²) in [5.74, 6) is 0. The van der Waals surface area contributed by atoms with Crippen molar-refractivity contribution in [3.8, 4) is 0 Å². The summed E-state index contributed by atoms with van der Waals surface area (Å²) in [5, 5.41) is 6.43. The number of amides is 1. The van der Waals surface area contributed by atoms with Gasteiger partial charge in [-0.2, -0.15) is 0 Å². The lowest BCUT2D eigenvalue weighted by Gasteiger charge is -2.36. The Morgan fingerprint density at radius 2 is 1.95 bits per heavy atom. The maximum atomic E-state index is 11.9. The molecule has 0 radical (unpaired) electrons. The molecule has 1 aliphatic carbocycles. The van der Waals surface area contributed by atoms with Gasteiger partial charge in [0, 0.05) is 38.3 Å². The van der Waals surface area contributed by atoms with Crippen LogP contribution in [-0.2, 0) is 4.74 Å². The van der Waals surface area contributed by atoms with Crippen molar-refractivity contribution in [2.45, 2.75) is 57.7 Å². The number of piperazine rings is 1. The highest BCUT2D eigenvalue weighted by atomic mass is 16.6. The molecular weight excluding hydrogens is 242 g/mol. The molecule has 1 amide bonds. The highest BCUT2D eigenvalue weighted by Crippen LogP contribution is 2.25. The van der Waals surface area contributed by atoms with Crippen LogP contribution in [0.1, 0.15) is 40.0 Å². The van der Waals surface area contributed by atoms with Gasteiger partial charge in [-0.25, -0.2) is 4.79 Å². The monoisotopic (exact) mass is 269 g/mol. The van der Waals surface area contributed by atoms with E-state index in [1.54, 1.807) is 0 Å². The minimum atomic E-state index is -0.423. The standard InChI is InChI=1S/C14H27N3O2/c1-14(2,3)19-13(18)16-11-5-4-6-12(11)17-9-7-15-8-10-17/h11-12,15H,4-10H2,1-3H3,(H,16,18)/t11-,12-/m1/s1. The highest BCUT2D eigenvalue weighted by Gasteiger charge is 2.34. The van der Waals surface area contributed by atoms with E-state index in [2.05, 4.69) is 15.5 Å². The predicted molar refractivity (Wildman–Crippen MR) is 75.2 cm³/mol. The largest absolute Gasteiger partial charge is 0.444 e. The third-order valence-electron chi connectivity index (χ3n) is 3.80. The van der Waals surface area contributed by atoms with Crippen LogP contribution in [0.25, 0.3) is 0 Å². The minimum absolute atomic E-state index is 0.243. The molecular formula is C14H27N3O2. The Kier molecular flexibility index (Phi) is 4.68. The quantitative estimate of drug-likeness (QED) is 0.794. The first-order valence-electron chi connectivity index (χ1n) is 7.40. The van der Waals surface area contributed by atoms with Crippen molar-refractivity contribution < 1.29 is 9.53 Å². The molecule has 2 fully saturated rings. The van der Waals surface area contributed by atoms with E-state index in [1.165, 1.54) is 12.8 Å². The average molecular weight is 269 g/mol. The van der Waals surface area contributed by atoms with E-state index in [1.807, 2.05) is 20.8 Å². The fourth-order valence-corrected chi connectivity index (χ4v) is 3.02. The smallest absolute Gasteiger partial charge is 0.407 e. The van der Waals surface area contributed by atoms with Gasteiger partial charge in [0.2, 0.25) is 0 Å². The number of hydrogen-bond acceptors (Lipinski definition) is 4. The summed E-state index contributed by atoms with van der Waals surface area (Å²) in [6, 6.07) is 0.725. The molecule has 1 saturated carbocycles. The van der Waals surface area contributed by atoms with Crippen molar-refractivity contribution >= 4 is 6.09 Å². The summed E-state index contributed by atoms with van der Waals surface area (Å²) in [5.41, 5.74) is -0.423. The second-order valence-corrected chi connectivity index (χ2v) is 6.54. The van der Waals surface area contributed by atoms with Gasteiger partial charge in [-0.05, 0) is 40.0 Å². The number of alkyl carbamates (subject to hydrolysis) is 1. The van der Waals surface area contributed by atoms with Crippen molar-refractivity contribution in [2.75, 3.05) is 26.2 Å². The van der Waals surface area contributed by atoms with Crippen molar-refractivity contribution in [1.29, 1.82) is 0 Å². The molecule has 0 aromatic heterocycles. The van der Waals surface area contributed by atoms with Crippen LogP contribution in [0.4, 0.5) is 4.79 Å².